The van der Waals surface area contributed by atoms with E-state index < -0.39 is 0 Å². The molecule has 1 saturated carbocycles. The number of carbonyl (C=O) groups is 2. The summed E-state index contributed by atoms with van der Waals surface area (Å²) in [5.74, 6) is 0.251. The first kappa shape index (κ1) is 22.8. The molecule has 33 heavy (non-hydrogen) atoms. The molecule has 3 N–H and O–H groups in total. The highest BCUT2D eigenvalue weighted by atomic mass is 16.2. The third kappa shape index (κ3) is 5.00. The number of fused-ring (bicyclic) bond motifs is 1. The first-order valence-corrected chi connectivity index (χ1v) is 11.8. The molecule has 0 bridgehead atoms. The van der Waals surface area contributed by atoms with E-state index in [0.717, 1.165) is 49.9 Å². The number of nitrogens with two attached hydrogens (primary N) is 1. The van der Waals surface area contributed by atoms with Gasteiger partial charge in [0.2, 0.25) is 5.91 Å². The third-order valence-electron chi connectivity index (χ3n) is 6.24. The van der Waals surface area contributed by atoms with Crippen molar-refractivity contribution in [3.63, 3.8) is 0 Å². The van der Waals surface area contributed by atoms with E-state index >= 15 is 0 Å². The van der Waals surface area contributed by atoms with Gasteiger partial charge in [0, 0.05) is 36.2 Å². The van der Waals surface area contributed by atoms with E-state index in [4.69, 9.17) is 5.73 Å². The number of benzene rings is 2. The fraction of sp³-hybridized carbons (Fsp3) is 0.370. The summed E-state index contributed by atoms with van der Waals surface area (Å²) < 4.78 is 0. The van der Waals surface area contributed by atoms with Crippen LogP contribution in [-0.2, 0) is 10.3 Å². The van der Waals surface area contributed by atoms with Crippen molar-refractivity contribution >= 4 is 29.4 Å². The van der Waals surface area contributed by atoms with Gasteiger partial charge >= 0.3 is 0 Å². The summed E-state index contributed by atoms with van der Waals surface area (Å²) in [5.41, 5.74) is 9.61. The van der Waals surface area contributed by atoms with Crippen molar-refractivity contribution in [2.75, 3.05) is 13.1 Å². The fourth-order valence-corrected chi connectivity index (χ4v) is 4.38. The Morgan fingerprint density at radius 3 is 2.39 bits per heavy atom. The standard InChI is InChI=1S/C27H32N4O2/c1-3-14-31(15-4-2)26(33)21-16-19-10-11-20(17-23(19)29-24(28)18-21)25(32)30-27(12-13-27)22-8-6-5-7-9-22/h5-11,16-17H,3-4,12-15,18H2,1-2H3,(H2,28,29)(H,30,32). The van der Waals surface area contributed by atoms with Gasteiger partial charge in [0.1, 0.15) is 5.84 Å². The largest absolute Gasteiger partial charge is 0.387 e. The van der Waals surface area contributed by atoms with Gasteiger partial charge in [-0.2, -0.15) is 0 Å². The number of rotatable bonds is 8. The zero-order valence-corrected chi connectivity index (χ0v) is 19.4. The topological polar surface area (TPSA) is 87.8 Å². The average molecular weight is 445 g/mol. The van der Waals surface area contributed by atoms with Crippen LogP contribution in [-0.4, -0.2) is 35.6 Å². The van der Waals surface area contributed by atoms with Crippen LogP contribution >= 0.6 is 0 Å². The van der Waals surface area contributed by atoms with Crippen LogP contribution in [0.2, 0.25) is 0 Å². The molecule has 1 heterocycles. The summed E-state index contributed by atoms with van der Waals surface area (Å²) in [5, 5.41) is 3.21. The van der Waals surface area contributed by atoms with E-state index in [1.165, 1.54) is 0 Å². The second-order valence-electron chi connectivity index (χ2n) is 8.92. The zero-order chi connectivity index (χ0) is 23.4. The van der Waals surface area contributed by atoms with E-state index in [0.29, 0.717) is 29.1 Å². The van der Waals surface area contributed by atoms with Crippen LogP contribution in [0.5, 0.6) is 0 Å². The minimum Gasteiger partial charge on any atom is -0.387 e. The molecule has 1 aliphatic heterocycles. The number of aliphatic imine (C=N–C) groups is 1. The molecule has 0 atom stereocenters. The SMILES string of the molecule is CCCN(CCC)C(=O)C1=Cc2ccc(C(=O)NC3(c4ccccc4)CC3)cc2N=C(N)C1. The first-order chi connectivity index (χ1) is 16.0. The molecule has 1 fully saturated rings. The van der Waals surface area contributed by atoms with Crippen LogP contribution < -0.4 is 11.1 Å². The summed E-state index contributed by atoms with van der Waals surface area (Å²) >= 11 is 0. The molecule has 0 aromatic heterocycles. The van der Waals surface area contributed by atoms with Crippen molar-refractivity contribution in [3.8, 4) is 0 Å². The van der Waals surface area contributed by atoms with Crippen molar-refractivity contribution < 1.29 is 9.59 Å². The molecule has 0 spiro atoms. The normalized spacial score (nSPS) is 16.1. The van der Waals surface area contributed by atoms with Gasteiger partial charge in [-0.05, 0) is 49.5 Å². The third-order valence-corrected chi connectivity index (χ3v) is 6.24. The number of nitrogens with one attached hydrogen (secondary N) is 1. The second-order valence-corrected chi connectivity index (χ2v) is 8.92. The molecule has 1 aliphatic carbocycles. The maximum Gasteiger partial charge on any atom is 0.252 e. The van der Waals surface area contributed by atoms with Gasteiger partial charge in [0.05, 0.1) is 11.2 Å². The Labute approximate surface area is 195 Å². The molecule has 172 valence electrons. The predicted octanol–water partition coefficient (Wildman–Crippen LogP) is 4.53. The minimum atomic E-state index is -0.283. The molecule has 0 unspecified atom stereocenters. The molecular weight excluding hydrogens is 412 g/mol. The highest BCUT2D eigenvalue weighted by molar-refractivity contribution is 6.06. The van der Waals surface area contributed by atoms with E-state index in [9.17, 15) is 9.59 Å². The fourth-order valence-electron chi connectivity index (χ4n) is 4.38. The molecule has 0 radical (unpaired) electrons. The summed E-state index contributed by atoms with van der Waals surface area (Å²) in [6, 6.07) is 15.5. The highest BCUT2D eigenvalue weighted by Gasteiger charge is 2.45. The number of hydrogen-bond donors (Lipinski definition) is 2. The number of carbonyl (C=O) groups excluding carboxylic acids is 2. The molecule has 2 aromatic carbocycles. The van der Waals surface area contributed by atoms with Gasteiger partial charge in [-0.15, -0.1) is 0 Å². The summed E-state index contributed by atoms with van der Waals surface area (Å²) in [6.07, 6.45) is 5.84. The maximum atomic E-state index is 13.1. The summed E-state index contributed by atoms with van der Waals surface area (Å²) in [7, 11) is 0. The number of nitrogens with zero attached hydrogens (tertiary/aromatic N) is 2. The van der Waals surface area contributed by atoms with Gasteiger partial charge in [-0.3, -0.25) is 9.59 Å². The van der Waals surface area contributed by atoms with Crippen molar-refractivity contribution in [2.24, 2.45) is 10.7 Å². The number of amides is 2. The lowest BCUT2D eigenvalue weighted by molar-refractivity contribution is -0.127. The predicted molar refractivity (Wildman–Crippen MR) is 132 cm³/mol. The highest BCUT2D eigenvalue weighted by Crippen LogP contribution is 2.45. The number of hydrogen-bond acceptors (Lipinski definition) is 4. The van der Waals surface area contributed by atoms with Crippen molar-refractivity contribution in [1.82, 2.24) is 10.2 Å². The van der Waals surface area contributed by atoms with E-state index in [2.05, 4.69) is 36.3 Å². The Balaban J connectivity index is 1.57. The van der Waals surface area contributed by atoms with E-state index in [1.54, 1.807) is 12.1 Å². The van der Waals surface area contributed by atoms with Crippen molar-refractivity contribution in [1.29, 1.82) is 0 Å². The van der Waals surface area contributed by atoms with Gasteiger partial charge in [-0.1, -0.05) is 50.2 Å². The summed E-state index contributed by atoms with van der Waals surface area (Å²) in [4.78, 5) is 32.6. The van der Waals surface area contributed by atoms with Gasteiger partial charge < -0.3 is 16.0 Å². The first-order valence-electron chi connectivity index (χ1n) is 11.8. The molecule has 2 amide bonds. The monoisotopic (exact) mass is 444 g/mol. The van der Waals surface area contributed by atoms with Crippen LogP contribution in [0, 0.1) is 0 Å². The van der Waals surface area contributed by atoms with Crippen LogP contribution in [0.4, 0.5) is 5.69 Å². The smallest absolute Gasteiger partial charge is 0.252 e. The molecule has 6 heteroatoms. The lowest BCUT2D eigenvalue weighted by atomic mass is 10.0. The Hall–Kier alpha value is -3.41. The van der Waals surface area contributed by atoms with Crippen molar-refractivity contribution in [2.45, 2.75) is 51.5 Å². The minimum absolute atomic E-state index is 0.00468. The Kier molecular flexibility index (Phi) is 6.63. The lowest BCUT2D eigenvalue weighted by Crippen LogP contribution is -2.34. The quantitative estimate of drug-likeness (QED) is 0.627. The summed E-state index contributed by atoms with van der Waals surface area (Å²) in [6.45, 7) is 5.57. The Morgan fingerprint density at radius 1 is 1.06 bits per heavy atom. The van der Waals surface area contributed by atoms with Gasteiger partial charge in [-0.25, -0.2) is 4.99 Å². The van der Waals surface area contributed by atoms with Crippen LogP contribution in [0.15, 0.2) is 59.1 Å². The van der Waals surface area contributed by atoms with Gasteiger partial charge in [0.15, 0.2) is 0 Å². The Morgan fingerprint density at radius 2 is 1.76 bits per heavy atom. The molecule has 6 nitrogen and oxygen atoms in total. The van der Waals surface area contributed by atoms with Crippen LogP contribution in [0.3, 0.4) is 0 Å². The Bertz CT molecular complexity index is 1090. The maximum absolute atomic E-state index is 13.1. The second kappa shape index (κ2) is 9.61. The molecule has 2 aliphatic rings. The van der Waals surface area contributed by atoms with E-state index in [1.807, 2.05) is 35.2 Å². The number of amidine groups is 1. The van der Waals surface area contributed by atoms with Crippen LogP contribution in [0.25, 0.3) is 6.08 Å². The van der Waals surface area contributed by atoms with Crippen molar-refractivity contribution in [3.05, 3.63) is 70.8 Å². The molecular formula is C27H32N4O2. The lowest BCUT2D eigenvalue weighted by Gasteiger charge is -2.22. The average Bonchev–Trinajstić information content (AvgIpc) is 3.61. The zero-order valence-electron chi connectivity index (χ0n) is 19.4. The van der Waals surface area contributed by atoms with Gasteiger partial charge in [0.25, 0.3) is 5.91 Å². The van der Waals surface area contributed by atoms with Crippen LogP contribution in [0.1, 0.15) is 67.4 Å². The molecule has 4 rings (SSSR count). The molecule has 2 aromatic rings. The van der Waals surface area contributed by atoms with E-state index in [-0.39, 0.29) is 17.4 Å². The molecule has 0 saturated heterocycles.